The van der Waals surface area contributed by atoms with Crippen molar-refractivity contribution in [3.8, 4) is 0 Å². The van der Waals surface area contributed by atoms with Crippen LogP contribution >= 0.6 is 22.4 Å². The van der Waals surface area contributed by atoms with E-state index in [-0.39, 0.29) is 17.1 Å². The van der Waals surface area contributed by atoms with E-state index in [1.165, 1.54) is 0 Å². The molecular formula is C10H16N5O13P3S. The normalized spacial score (nSPS) is 27.9. The fourth-order valence-corrected chi connectivity index (χ4v) is 6.67. The number of hydrogen-bond acceptors (Lipinski definition) is 13. The number of aromatic nitrogens is 4. The summed E-state index contributed by atoms with van der Waals surface area (Å²) >= 11 is 4.46. The van der Waals surface area contributed by atoms with Gasteiger partial charge in [-0.2, -0.15) is 9.29 Å². The zero-order valence-electron chi connectivity index (χ0n) is 15.3. The average molecular weight is 539 g/mol. The van der Waals surface area contributed by atoms with Gasteiger partial charge in [0.2, 0.25) is 5.95 Å². The Balaban J connectivity index is 1.72. The first kappa shape index (κ1) is 25.5. The monoisotopic (exact) mass is 539 g/mol. The van der Waals surface area contributed by atoms with Crippen LogP contribution in [0.15, 0.2) is 11.1 Å². The zero-order chi connectivity index (χ0) is 24.1. The van der Waals surface area contributed by atoms with Crippen molar-refractivity contribution in [2.24, 2.45) is 0 Å². The number of rotatable bonds is 8. The number of phosphoric acid groups is 2. The van der Waals surface area contributed by atoms with Gasteiger partial charge in [-0.15, -0.1) is 0 Å². The number of nitrogens with two attached hydrogens (primary N) is 1. The highest BCUT2D eigenvalue weighted by atomic mass is 32.5. The van der Waals surface area contributed by atoms with E-state index in [0.29, 0.717) is 0 Å². The van der Waals surface area contributed by atoms with Crippen LogP contribution in [0.3, 0.4) is 0 Å². The van der Waals surface area contributed by atoms with Crippen LogP contribution in [0, 0.1) is 0 Å². The third-order valence-corrected chi connectivity index (χ3v) is 8.60. The third-order valence-electron chi connectivity index (χ3n) is 3.88. The summed E-state index contributed by atoms with van der Waals surface area (Å²) in [5.41, 5.74) is 4.62. The Hall–Kier alpha value is -1.14. The second-order valence-corrected chi connectivity index (χ2v) is 12.0. The number of aliphatic hydroxyl groups is 2. The van der Waals surface area contributed by atoms with Gasteiger partial charge in [0.05, 0.1) is 12.9 Å². The first-order valence-electron chi connectivity index (χ1n) is 8.11. The summed E-state index contributed by atoms with van der Waals surface area (Å²) in [5.74, 6) is -0.249. The van der Waals surface area contributed by atoms with Crippen LogP contribution in [0.5, 0.6) is 0 Å². The molecule has 22 heteroatoms. The molecule has 1 aliphatic heterocycles. The molecule has 6 atom stereocenters. The van der Waals surface area contributed by atoms with E-state index in [0.717, 1.165) is 10.9 Å². The minimum Gasteiger partial charge on any atom is -0.387 e. The van der Waals surface area contributed by atoms with Gasteiger partial charge in [-0.25, -0.2) is 18.4 Å². The molecule has 0 aromatic carbocycles. The molecule has 0 saturated carbocycles. The molecule has 9 N–H and O–H groups in total. The number of aliphatic hydroxyl groups excluding tert-OH is 2. The molecule has 32 heavy (non-hydrogen) atoms. The summed E-state index contributed by atoms with van der Waals surface area (Å²) in [6, 6.07) is 0. The largest absolute Gasteiger partial charge is 0.488 e. The van der Waals surface area contributed by atoms with Crippen molar-refractivity contribution >= 4 is 51.3 Å². The van der Waals surface area contributed by atoms with Gasteiger partial charge < -0.3 is 44.8 Å². The van der Waals surface area contributed by atoms with E-state index < -0.39 is 59.1 Å². The summed E-state index contributed by atoms with van der Waals surface area (Å²) in [6.45, 7) is -5.45. The lowest BCUT2D eigenvalue weighted by atomic mass is 10.1. The second-order valence-electron chi connectivity index (χ2n) is 6.21. The molecule has 0 aliphatic carbocycles. The van der Waals surface area contributed by atoms with Gasteiger partial charge in [0, 0.05) is 0 Å². The number of aromatic amines is 1. The van der Waals surface area contributed by atoms with Gasteiger partial charge in [0.15, 0.2) is 17.4 Å². The Morgan fingerprint density at radius 3 is 2.50 bits per heavy atom. The molecule has 1 aliphatic rings. The van der Waals surface area contributed by atoms with Crippen LogP contribution in [0.25, 0.3) is 11.2 Å². The SMILES string of the molecule is Nc1nc2c(ncn2C2OC(COP(O)(=S)OP(=O)(O)OP(=O)(O)O)C(O)C2O)c(=O)[nH]1. The minimum absolute atomic E-state index is 0.0736. The zero-order valence-corrected chi connectivity index (χ0v) is 18.8. The number of nitrogens with one attached hydrogen (secondary N) is 1. The lowest BCUT2D eigenvalue weighted by Crippen LogP contribution is -2.33. The van der Waals surface area contributed by atoms with Crippen LogP contribution in [0.1, 0.15) is 6.23 Å². The van der Waals surface area contributed by atoms with Crippen molar-refractivity contribution in [1.82, 2.24) is 19.5 Å². The van der Waals surface area contributed by atoms with Gasteiger partial charge in [-0.1, -0.05) is 0 Å². The first-order valence-corrected chi connectivity index (χ1v) is 13.7. The van der Waals surface area contributed by atoms with E-state index >= 15 is 0 Å². The molecule has 1 saturated heterocycles. The van der Waals surface area contributed by atoms with E-state index in [1.54, 1.807) is 0 Å². The molecule has 3 rings (SSSR count). The van der Waals surface area contributed by atoms with Crippen molar-refractivity contribution in [3.63, 3.8) is 0 Å². The molecule has 1 fully saturated rings. The number of anilines is 1. The molecule has 3 heterocycles. The quantitative estimate of drug-likeness (QED) is 0.165. The van der Waals surface area contributed by atoms with Crippen LogP contribution in [-0.2, 0) is 38.8 Å². The number of fused-ring (bicyclic) bond motifs is 1. The van der Waals surface area contributed by atoms with Crippen LogP contribution in [0.4, 0.5) is 5.95 Å². The minimum atomic E-state index is -5.52. The fraction of sp³-hybridized carbons (Fsp3) is 0.500. The van der Waals surface area contributed by atoms with E-state index in [9.17, 15) is 33.9 Å². The number of nitrogens with zero attached hydrogens (tertiary/aromatic N) is 3. The van der Waals surface area contributed by atoms with Crippen molar-refractivity contribution in [2.75, 3.05) is 12.3 Å². The highest BCUT2D eigenvalue weighted by Gasteiger charge is 2.46. The van der Waals surface area contributed by atoms with E-state index in [1.807, 2.05) is 0 Å². The van der Waals surface area contributed by atoms with Gasteiger partial charge >= 0.3 is 22.4 Å². The van der Waals surface area contributed by atoms with Gasteiger partial charge in [-0.3, -0.25) is 14.3 Å². The molecule has 0 radical (unpaired) electrons. The summed E-state index contributed by atoms with van der Waals surface area (Å²) in [5, 5.41) is 20.5. The van der Waals surface area contributed by atoms with Crippen molar-refractivity contribution in [3.05, 3.63) is 16.7 Å². The maximum atomic E-state index is 11.9. The molecular weight excluding hydrogens is 523 g/mol. The fourth-order valence-electron chi connectivity index (χ4n) is 2.70. The van der Waals surface area contributed by atoms with Crippen molar-refractivity contribution in [1.29, 1.82) is 0 Å². The molecule has 2 aromatic rings. The van der Waals surface area contributed by atoms with Crippen LogP contribution in [-0.4, -0.2) is 74.2 Å². The molecule has 2 aromatic heterocycles. The number of nitrogen functional groups attached to an aromatic ring is 1. The summed E-state index contributed by atoms with van der Waals surface area (Å²) in [7, 11) is -11.0. The van der Waals surface area contributed by atoms with E-state index in [4.69, 9.17) is 24.8 Å². The smallest absolute Gasteiger partial charge is 0.387 e. The summed E-state index contributed by atoms with van der Waals surface area (Å²) in [6.07, 6.45) is -4.93. The number of H-pyrrole nitrogens is 1. The lowest BCUT2D eigenvalue weighted by molar-refractivity contribution is -0.0486. The highest BCUT2D eigenvalue weighted by Crippen LogP contribution is 2.66. The highest BCUT2D eigenvalue weighted by molar-refractivity contribution is 8.08. The second kappa shape index (κ2) is 8.90. The molecule has 6 unspecified atom stereocenters. The van der Waals surface area contributed by atoms with Gasteiger partial charge in [-0.05, 0) is 11.8 Å². The molecule has 0 spiro atoms. The summed E-state index contributed by atoms with van der Waals surface area (Å²) in [4.78, 5) is 58.0. The Kier molecular flexibility index (Phi) is 7.09. The summed E-state index contributed by atoms with van der Waals surface area (Å²) < 4.78 is 41.1. The maximum Gasteiger partial charge on any atom is 0.488 e. The number of hydrogen-bond donors (Lipinski definition) is 8. The van der Waals surface area contributed by atoms with Crippen LogP contribution in [0.2, 0.25) is 0 Å². The predicted molar refractivity (Wildman–Crippen MR) is 105 cm³/mol. The topological polar surface area (TPSA) is 282 Å². The van der Waals surface area contributed by atoms with Crippen molar-refractivity contribution < 1.29 is 56.8 Å². The Morgan fingerprint density at radius 1 is 1.22 bits per heavy atom. The predicted octanol–water partition coefficient (Wildman–Crippen LogP) is -2.22. The Bertz CT molecular complexity index is 1210. The lowest BCUT2D eigenvalue weighted by Gasteiger charge is -2.21. The van der Waals surface area contributed by atoms with Crippen molar-refractivity contribution in [2.45, 2.75) is 24.5 Å². The average Bonchev–Trinajstić information content (AvgIpc) is 3.12. The maximum absolute atomic E-state index is 11.9. The Morgan fingerprint density at radius 2 is 1.88 bits per heavy atom. The third kappa shape index (κ3) is 5.85. The standard InChI is InChI=1S/C10H16N5O13P3S/c11-10-13-7-4(8(18)14-10)12-2-15(7)9-6(17)5(16)3(26-9)1-25-31(24,32)28-30(22,23)27-29(19,20)21/h2-3,5-6,9,16-17H,1H2,(H,22,23)(H,24,32)(H2,19,20,21)(H3,11,13,14,18). The van der Waals surface area contributed by atoms with E-state index in [2.05, 4.69) is 35.4 Å². The van der Waals surface area contributed by atoms with Gasteiger partial charge in [0.25, 0.3) is 5.56 Å². The molecule has 180 valence electrons. The molecule has 0 bridgehead atoms. The Labute approximate surface area is 181 Å². The van der Waals surface area contributed by atoms with Gasteiger partial charge in [0.1, 0.15) is 18.3 Å². The number of imidazole rings is 1. The van der Waals surface area contributed by atoms with Crippen LogP contribution < -0.4 is 11.3 Å². The number of ether oxygens (including phenoxy) is 1. The molecule has 0 amide bonds. The first-order chi connectivity index (χ1) is 14.6. The molecule has 18 nitrogen and oxygen atoms in total.